The number of Topliss-reactive ketones (excluding diaryl/α,β-unsaturated/α-hetero) is 1. The minimum absolute atomic E-state index is 0.268. The molecule has 0 aromatic heterocycles. The molecule has 0 N–H and O–H groups in total. The second-order valence-corrected chi connectivity index (χ2v) is 7.01. The number of fused-ring (bicyclic) bond motifs is 1. The summed E-state index contributed by atoms with van der Waals surface area (Å²) in [6, 6.07) is 22.8. The molecule has 0 aliphatic heterocycles. The molecule has 0 aliphatic carbocycles. The van der Waals surface area contributed by atoms with Gasteiger partial charge in [-0.2, -0.15) is 0 Å². The number of carbonyl (C=O) groups is 1. The van der Waals surface area contributed by atoms with Gasteiger partial charge >= 0.3 is 0 Å². The monoisotopic (exact) mass is 344 g/mol. The largest absolute Gasteiger partial charge is 0.294 e. The Labute approximate surface area is 157 Å². The summed E-state index contributed by atoms with van der Waals surface area (Å²) in [5, 5.41) is 2.41. The van der Waals surface area contributed by atoms with Crippen molar-refractivity contribution in [3.63, 3.8) is 0 Å². The van der Waals surface area contributed by atoms with Gasteiger partial charge < -0.3 is 0 Å². The Balaban J connectivity index is 1.79. The first-order valence-corrected chi connectivity index (χ1v) is 9.91. The zero-order chi connectivity index (χ0) is 18.2. The van der Waals surface area contributed by atoms with Crippen molar-refractivity contribution in [3.05, 3.63) is 72.3 Å². The number of rotatable bonds is 9. The molecule has 0 spiro atoms. The molecule has 0 radical (unpaired) electrons. The van der Waals surface area contributed by atoms with E-state index in [0.717, 1.165) is 29.5 Å². The average molecular weight is 344 g/mol. The first-order chi connectivity index (χ1) is 12.8. The van der Waals surface area contributed by atoms with E-state index in [-0.39, 0.29) is 5.78 Å². The molecule has 0 fully saturated rings. The Morgan fingerprint density at radius 3 is 2.23 bits per heavy atom. The lowest BCUT2D eigenvalue weighted by atomic mass is 9.91. The molecule has 0 amide bonds. The number of benzene rings is 3. The van der Waals surface area contributed by atoms with E-state index in [2.05, 4.69) is 55.5 Å². The zero-order valence-corrected chi connectivity index (χ0v) is 15.7. The van der Waals surface area contributed by atoms with Gasteiger partial charge in [-0.05, 0) is 28.3 Å². The van der Waals surface area contributed by atoms with Crippen molar-refractivity contribution in [2.45, 2.75) is 51.9 Å². The normalized spacial score (nSPS) is 11.0. The summed E-state index contributed by atoms with van der Waals surface area (Å²) in [4.78, 5) is 12.9. The van der Waals surface area contributed by atoms with E-state index in [1.807, 2.05) is 18.2 Å². The fraction of sp³-hybridized carbons (Fsp3) is 0.320. The number of carbonyl (C=O) groups excluding carboxylic acids is 1. The predicted octanol–water partition coefficient (Wildman–Crippen LogP) is 7.44. The molecule has 0 atom stereocenters. The molecule has 26 heavy (non-hydrogen) atoms. The molecular formula is C25H28O. The van der Waals surface area contributed by atoms with Crippen LogP contribution in [0.25, 0.3) is 21.9 Å². The molecule has 0 heterocycles. The third-order valence-electron chi connectivity index (χ3n) is 5.06. The number of ketones is 1. The van der Waals surface area contributed by atoms with Gasteiger partial charge in [0.15, 0.2) is 5.78 Å². The summed E-state index contributed by atoms with van der Waals surface area (Å²) >= 11 is 0. The Hall–Kier alpha value is -2.41. The van der Waals surface area contributed by atoms with Crippen LogP contribution in [0, 0.1) is 0 Å². The number of unbranched alkanes of at least 4 members (excludes halogenated alkanes) is 5. The lowest BCUT2D eigenvalue weighted by molar-refractivity contribution is 0.0979. The van der Waals surface area contributed by atoms with Crippen molar-refractivity contribution in [1.82, 2.24) is 0 Å². The molecule has 0 aliphatic rings. The van der Waals surface area contributed by atoms with E-state index in [0.29, 0.717) is 6.42 Å². The van der Waals surface area contributed by atoms with E-state index >= 15 is 0 Å². The van der Waals surface area contributed by atoms with Gasteiger partial charge in [0.1, 0.15) is 0 Å². The third kappa shape index (κ3) is 4.40. The zero-order valence-electron chi connectivity index (χ0n) is 15.7. The van der Waals surface area contributed by atoms with Gasteiger partial charge in [0.25, 0.3) is 0 Å². The molecule has 134 valence electrons. The maximum atomic E-state index is 12.9. The Bertz CT molecular complexity index is 857. The first-order valence-electron chi connectivity index (χ1n) is 9.91. The summed E-state index contributed by atoms with van der Waals surface area (Å²) in [5.41, 5.74) is 3.06. The van der Waals surface area contributed by atoms with Crippen LogP contribution in [0.3, 0.4) is 0 Å². The van der Waals surface area contributed by atoms with Crippen molar-refractivity contribution >= 4 is 16.6 Å². The van der Waals surface area contributed by atoms with Crippen LogP contribution in [0.1, 0.15) is 62.2 Å². The lowest BCUT2D eigenvalue weighted by Crippen LogP contribution is -2.02. The Kier molecular flexibility index (Phi) is 6.60. The van der Waals surface area contributed by atoms with Gasteiger partial charge in [-0.25, -0.2) is 0 Å². The highest BCUT2D eigenvalue weighted by atomic mass is 16.1. The summed E-state index contributed by atoms with van der Waals surface area (Å²) in [7, 11) is 0. The summed E-state index contributed by atoms with van der Waals surface area (Å²) in [6.07, 6.45) is 7.89. The van der Waals surface area contributed by atoms with Crippen molar-refractivity contribution in [1.29, 1.82) is 0 Å². The summed E-state index contributed by atoms with van der Waals surface area (Å²) in [6.45, 7) is 2.23. The second-order valence-electron chi connectivity index (χ2n) is 7.01. The van der Waals surface area contributed by atoms with E-state index in [9.17, 15) is 4.79 Å². The van der Waals surface area contributed by atoms with E-state index in [4.69, 9.17) is 0 Å². The fourth-order valence-corrected chi connectivity index (χ4v) is 3.62. The fourth-order valence-electron chi connectivity index (χ4n) is 3.62. The van der Waals surface area contributed by atoms with Crippen LogP contribution in [0.4, 0.5) is 0 Å². The third-order valence-corrected chi connectivity index (χ3v) is 5.06. The molecule has 0 saturated carbocycles. The van der Waals surface area contributed by atoms with Crippen LogP contribution in [0.2, 0.25) is 0 Å². The quantitative estimate of drug-likeness (QED) is 0.291. The highest BCUT2D eigenvalue weighted by molar-refractivity contribution is 6.06. The van der Waals surface area contributed by atoms with E-state index in [1.54, 1.807) is 0 Å². The topological polar surface area (TPSA) is 17.1 Å². The molecule has 0 bridgehead atoms. The molecule has 1 heteroatoms. The van der Waals surface area contributed by atoms with Gasteiger partial charge in [0, 0.05) is 12.0 Å². The Morgan fingerprint density at radius 1 is 0.692 bits per heavy atom. The van der Waals surface area contributed by atoms with Crippen molar-refractivity contribution in [3.8, 4) is 11.1 Å². The standard InChI is InChI=1S/C25H28O/c1-2-3-4-5-6-7-19-25(26)24-17-11-10-16-23(24)22-18-12-14-20-13-8-9-15-21(20)22/h8-18H,2-7,19H2,1H3. The minimum atomic E-state index is 0.268. The molecule has 0 saturated heterocycles. The van der Waals surface area contributed by atoms with Gasteiger partial charge in [-0.15, -0.1) is 0 Å². The highest BCUT2D eigenvalue weighted by Gasteiger charge is 2.13. The molecule has 3 rings (SSSR count). The van der Waals surface area contributed by atoms with E-state index < -0.39 is 0 Å². The number of hydrogen-bond donors (Lipinski definition) is 0. The van der Waals surface area contributed by atoms with Gasteiger partial charge in [-0.1, -0.05) is 106 Å². The van der Waals surface area contributed by atoms with Crippen LogP contribution in [-0.2, 0) is 0 Å². The number of hydrogen-bond acceptors (Lipinski definition) is 1. The summed E-state index contributed by atoms with van der Waals surface area (Å²) in [5.74, 6) is 0.268. The summed E-state index contributed by atoms with van der Waals surface area (Å²) < 4.78 is 0. The smallest absolute Gasteiger partial charge is 0.163 e. The van der Waals surface area contributed by atoms with Gasteiger partial charge in [0.2, 0.25) is 0 Å². The van der Waals surface area contributed by atoms with Crippen molar-refractivity contribution in [2.24, 2.45) is 0 Å². The van der Waals surface area contributed by atoms with Crippen LogP contribution < -0.4 is 0 Å². The minimum Gasteiger partial charge on any atom is -0.294 e. The highest BCUT2D eigenvalue weighted by Crippen LogP contribution is 2.31. The molecule has 3 aromatic carbocycles. The molecular weight excluding hydrogens is 316 g/mol. The van der Waals surface area contributed by atoms with Crippen LogP contribution >= 0.6 is 0 Å². The van der Waals surface area contributed by atoms with Crippen LogP contribution in [-0.4, -0.2) is 5.78 Å². The Morgan fingerprint density at radius 2 is 1.35 bits per heavy atom. The second kappa shape index (κ2) is 9.33. The van der Waals surface area contributed by atoms with Crippen LogP contribution in [0.15, 0.2) is 66.7 Å². The first kappa shape index (κ1) is 18.4. The van der Waals surface area contributed by atoms with Gasteiger partial charge in [-0.3, -0.25) is 4.79 Å². The maximum absolute atomic E-state index is 12.9. The lowest BCUT2D eigenvalue weighted by Gasteiger charge is -2.12. The molecule has 1 nitrogen and oxygen atoms in total. The average Bonchev–Trinajstić information content (AvgIpc) is 2.70. The molecule has 0 unspecified atom stereocenters. The predicted molar refractivity (Wildman–Crippen MR) is 112 cm³/mol. The van der Waals surface area contributed by atoms with Crippen molar-refractivity contribution < 1.29 is 4.79 Å². The van der Waals surface area contributed by atoms with Gasteiger partial charge in [0.05, 0.1) is 0 Å². The molecule has 3 aromatic rings. The SMILES string of the molecule is CCCCCCCCC(=O)c1ccccc1-c1cccc2ccccc12. The van der Waals surface area contributed by atoms with Crippen molar-refractivity contribution in [2.75, 3.05) is 0 Å². The van der Waals surface area contributed by atoms with E-state index in [1.165, 1.54) is 36.5 Å². The van der Waals surface area contributed by atoms with Crippen LogP contribution in [0.5, 0.6) is 0 Å². The maximum Gasteiger partial charge on any atom is 0.163 e.